The molecule has 0 radical (unpaired) electrons. The maximum absolute atomic E-state index is 13.6. The maximum Gasteiger partial charge on any atom is 1.00 e. The molecule has 3 aromatic heterocycles. The van der Waals surface area contributed by atoms with Crippen molar-refractivity contribution in [1.29, 1.82) is 0 Å². The molecule has 0 aliphatic carbocycles. The number of rotatable bonds is 5. The summed E-state index contributed by atoms with van der Waals surface area (Å²) in [6.45, 7) is 6.86. The Labute approximate surface area is 241 Å². The van der Waals surface area contributed by atoms with Crippen LogP contribution in [0.2, 0.25) is 0 Å². The van der Waals surface area contributed by atoms with Crippen molar-refractivity contribution < 1.29 is 29.6 Å². The number of benzene rings is 2. The molecule has 1 aliphatic rings. The molecule has 1 fully saturated rings. The summed E-state index contributed by atoms with van der Waals surface area (Å²) >= 11 is 1.43. The molecule has 37 heavy (non-hydrogen) atoms. The van der Waals surface area contributed by atoms with E-state index in [0.717, 1.165) is 48.4 Å². The third-order valence-electron chi connectivity index (χ3n) is 7.19. The first-order valence-electron chi connectivity index (χ1n) is 12.5. The number of likely N-dealkylation sites (tertiary alicyclic amines) is 1. The standard InChI is InChI=1S/C28H29N5O2S.Na/c1-3-23-26-22(30-33(27(26)35)28-29-21-6-4-5-7-24(21)36-28)16-25(34)32(23)20-12-14-31(15-13-20)17-19-10-8-18(2)9-11-19;/h4-11,16,20H,3,12-15,17H2,1-2H3,(H,30,34);/q;+1/p-1. The van der Waals surface area contributed by atoms with Crippen molar-refractivity contribution in [2.45, 2.75) is 45.7 Å². The Morgan fingerprint density at radius 2 is 1.78 bits per heavy atom. The number of para-hydroxylation sites is 1. The zero-order chi connectivity index (χ0) is 24.8. The number of thiazole rings is 1. The van der Waals surface area contributed by atoms with E-state index >= 15 is 0 Å². The Bertz CT molecular complexity index is 1640. The second-order valence-corrected chi connectivity index (χ2v) is 10.6. The van der Waals surface area contributed by atoms with E-state index in [1.807, 2.05) is 35.8 Å². The molecule has 4 heterocycles. The Kier molecular flexibility index (Phi) is 7.56. The van der Waals surface area contributed by atoms with Crippen LogP contribution in [-0.2, 0) is 13.0 Å². The van der Waals surface area contributed by atoms with Gasteiger partial charge in [0, 0.05) is 36.8 Å². The first-order valence-corrected chi connectivity index (χ1v) is 13.3. The maximum atomic E-state index is 13.6. The number of nitrogens with zero attached hydrogens (tertiary/aromatic N) is 5. The van der Waals surface area contributed by atoms with Crippen LogP contribution in [0, 0.1) is 6.92 Å². The quantitative estimate of drug-likeness (QED) is 0.327. The monoisotopic (exact) mass is 521 g/mol. The minimum Gasteiger partial charge on any atom is -0.585 e. The molecule has 6 rings (SSSR count). The van der Waals surface area contributed by atoms with Gasteiger partial charge in [-0.05, 0) is 49.9 Å². The van der Waals surface area contributed by atoms with E-state index in [9.17, 15) is 9.59 Å². The van der Waals surface area contributed by atoms with Crippen molar-refractivity contribution in [3.05, 3.63) is 92.1 Å². The van der Waals surface area contributed by atoms with Crippen molar-refractivity contribution in [3.8, 4) is 5.13 Å². The van der Waals surface area contributed by atoms with Crippen molar-refractivity contribution in [3.63, 3.8) is 0 Å². The summed E-state index contributed by atoms with van der Waals surface area (Å²) in [6, 6.07) is 18.1. The second kappa shape index (κ2) is 10.7. The van der Waals surface area contributed by atoms with Crippen molar-refractivity contribution in [1.82, 2.24) is 24.2 Å². The zero-order valence-electron chi connectivity index (χ0n) is 21.5. The van der Waals surface area contributed by atoms with Gasteiger partial charge in [0.25, 0.3) is 0 Å². The van der Waals surface area contributed by atoms with Crippen LogP contribution in [0.15, 0.2) is 64.2 Å². The van der Waals surface area contributed by atoms with E-state index in [2.05, 4.69) is 46.2 Å². The summed E-state index contributed by atoms with van der Waals surface area (Å²) in [6.07, 6.45) is 2.35. The normalized spacial score (nSPS) is 14.9. The second-order valence-electron chi connectivity index (χ2n) is 9.59. The fraction of sp³-hybridized carbons (Fsp3) is 0.321. The Morgan fingerprint density at radius 3 is 2.49 bits per heavy atom. The minimum absolute atomic E-state index is 0. The molecular formula is C28H28N5NaO2S. The number of aromatic nitrogens is 4. The van der Waals surface area contributed by atoms with Gasteiger partial charge in [0.15, 0.2) is 5.13 Å². The molecular weight excluding hydrogens is 493 g/mol. The van der Waals surface area contributed by atoms with Crippen LogP contribution in [0.1, 0.15) is 42.6 Å². The van der Waals surface area contributed by atoms with Crippen LogP contribution in [0.4, 0.5) is 0 Å². The summed E-state index contributed by atoms with van der Waals surface area (Å²) in [4.78, 5) is 33.9. The van der Waals surface area contributed by atoms with Crippen molar-refractivity contribution in [2.75, 3.05) is 13.1 Å². The molecule has 2 aromatic carbocycles. The average molecular weight is 522 g/mol. The fourth-order valence-corrected chi connectivity index (χ4v) is 6.26. The van der Waals surface area contributed by atoms with Gasteiger partial charge in [-0.25, -0.2) is 4.98 Å². The summed E-state index contributed by atoms with van der Waals surface area (Å²) in [5.74, 6) is 0. The van der Waals surface area contributed by atoms with Gasteiger partial charge in [-0.2, -0.15) is 0 Å². The van der Waals surface area contributed by atoms with E-state index in [1.165, 1.54) is 33.2 Å². The number of hydrogen-bond donors (Lipinski definition) is 0. The van der Waals surface area contributed by atoms with Gasteiger partial charge < -0.3 is 14.3 Å². The number of piperidine rings is 1. The van der Waals surface area contributed by atoms with Crippen molar-refractivity contribution in [2.24, 2.45) is 0 Å². The van der Waals surface area contributed by atoms with Gasteiger partial charge in [-0.15, -0.1) is 5.52 Å². The number of pyridine rings is 1. The largest absolute Gasteiger partial charge is 1.00 e. The Morgan fingerprint density at radius 1 is 1.05 bits per heavy atom. The minimum atomic E-state index is -0.202. The topological polar surface area (TPSA) is 74.2 Å². The van der Waals surface area contributed by atoms with Gasteiger partial charge in [0.2, 0.25) is 11.1 Å². The van der Waals surface area contributed by atoms with Gasteiger partial charge in [-0.1, -0.05) is 60.2 Å². The molecule has 0 atom stereocenters. The molecule has 9 heteroatoms. The Hall–Kier alpha value is -2.49. The van der Waals surface area contributed by atoms with Crippen LogP contribution < -0.4 is 45.8 Å². The fourth-order valence-electron chi connectivity index (χ4n) is 5.35. The molecule has 0 unspecified atom stereocenters. The smallest absolute Gasteiger partial charge is 0.585 e. The van der Waals surface area contributed by atoms with Crippen LogP contribution in [0.5, 0.6) is 0 Å². The van der Waals surface area contributed by atoms with Gasteiger partial charge >= 0.3 is 29.6 Å². The number of fused-ring (bicyclic) bond motifs is 2. The molecule has 0 N–H and O–H groups in total. The molecule has 1 saturated heterocycles. The van der Waals surface area contributed by atoms with E-state index in [0.29, 0.717) is 22.5 Å². The van der Waals surface area contributed by atoms with Gasteiger partial charge in [0.1, 0.15) is 0 Å². The third kappa shape index (κ3) is 4.89. The molecule has 0 saturated carbocycles. The first kappa shape index (κ1) is 26.1. The molecule has 0 amide bonds. The molecule has 184 valence electrons. The Balaban J connectivity index is 0.00000280. The van der Waals surface area contributed by atoms with Crippen molar-refractivity contribution >= 4 is 32.5 Å². The summed E-state index contributed by atoms with van der Waals surface area (Å²) in [5, 5.41) is 5.60. The van der Waals surface area contributed by atoms with Crippen LogP contribution in [0.3, 0.4) is 0 Å². The predicted molar refractivity (Wildman–Crippen MR) is 144 cm³/mol. The zero-order valence-corrected chi connectivity index (χ0v) is 24.3. The van der Waals surface area contributed by atoms with Crippen LogP contribution >= 0.6 is 11.3 Å². The van der Waals surface area contributed by atoms with E-state index in [-0.39, 0.29) is 46.7 Å². The van der Waals surface area contributed by atoms with Gasteiger partial charge in [0.05, 0.1) is 10.2 Å². The molecule has 0 bridgehead atoms. The number of aryl methyl sites for hydroxylation is 2. The van der Waals surface area contributed by atoms with E-state index < -0.39 is 0 Å². The summed E-state index contributed by atoms with van der Waals surface area (Å²) in [7, 11) is 0. The van der Waals surface area contributed by atoms with Gasteiger partial charge in [-0.3, -0.25) is 14.5 Å². The van der Waals surface area contributed by atoms with Crippen LogP contribution in [0.25, 0.3) is 26.3 Å². The SMILES string of the molecule is CCc1c2c(=O)n(-c3nc4ccccc4s3)[n-]c2cc(=O)n1C1CCN(Cc2ccc(C)cc2)CC1.[Na+]. The molecule has 1 aliphatic heterocycles. The third-order valence-corrected chi connectivity index (χ3v) is 8.21. The predicted octanol–water partition coefficient (Wildman–Crippen LogP) is 1.43. The van der Waals surface area contributed by atoms with E-state index in [1.54, 1.807) is 0 Å². The first-order chi connectivity index (χ1) is 17.5. The molecule has 0 spiro atoms. The summed E-state index contributed by atoms with van der Waals surface area (Å²) in [5.41, 5.74) is 4.37. The average Bonchev–Trinajstić information content (AvgIpc) is 3.46. The van der Waals surface area contributed by atoms with Crippen LogP contribution in [-0.4, -0.2) is 32.2 Å². The molecule has 7 nitrogen and oxygen atoms in total. The summed E-state index contributed by atoms with van der Waals surface area (Å²) < 4.78 is 4.24. The molecule has 5 aromatic rings. The number of hydrogen-bond acceptors (Lipinski definition) is 5. The van der Waals surface area contributed by atoms with E-state index in [4.69, 9.17) is 0 Å².